The third-order valence-corrected chi connectivity index (χ3v) is 3.34. The van der Waals surface area contributed by atoms with Gasteiger partial charge in [-0.25, -0.2) is 0 Å². The summed E-state index contributed by atoms with van der Waals surface area (Å²) in [6, 6.07) is 14.8. The minimum atomic E-state index is -0.0183. The van der Waals surface area contributed by atoms with Crippen LogP contribution in [0.15, 0.2) is 48.5 Å². The molecule has 0 unspecified atom stereocenters. The molecular formula is C15H13BrO2. The molecule has 0 heterocycles. The summed E-state index contributed by atoms with van der Waals surface area (Å²) in [7, 11) is 1.57. The third kappa shape index (κ3) is 2.62. The SMILES string of the molecule is COc1ccccc1C(=O)c1cccc(CBr)c1. The van der Waals surface area contributed by atoms with Crippen LogP contribution in [0.25, 0.3) is 0 Å². The van der Waals surface area contributed by atoms with E-state index in [4.69, 9.17) is 4.74 Å². The first-order chi connectivity index (χ1) is 8.76. The largest absolute Gasteiger partial charge is 0.496 e. The molecular weight excluding hydrogens is 292 g/mol. The van der Waals surface area contributed by atoms with Gasteiger partial charge in [-0.2, -0.15) is 0 Å². The van der Waals surface area contributed by atoms with Crippen LogP contribution in [0.4, 0.5) is 0 Å². The van der Waals surface area contributed by atoms with Crippen molar-refractivity contribution < 1.29 is 9.53 Å². The molecule has 2 aromatic carbocycles. The molecule has 0 amide bonds. The van der Waals surface area contributed by atoms with Gasteiger partial charge in [0.25, 0.3) is 0 Å². The van der Waals surface area contributed by atoms with Gasteiger partial charge in [-0.1, -0.05) is 46.3 Å². The van der Waals surface area contributed by atoms with Crippen molar-refractivity contribution in [2.75, 3.05) is 7.11 Å². The molecule has 0 aliphatic heterocycles. The standard InChI is InChI=1S/C15H13BrO2/c1-18-14-8-3-2-7-13(14)15(17)12-6-4-5-11(9-12)10-16/h2-9H,10H2,1H3. The second-order valence-electron chi connectivity index (χ2n) is 3.86. The lowest BCUT2D eigenvalue weighted by atomic mass is 10.0. The van der Waals surface area contributed by atoms with E-state index in [1.165, 1.54) is 0 Å². The van der Waals surface area contributed by atoms with Crippen LogP contribution < -0.4 is 4.74 Å². The average Bonchev–Trinajstić information content (AvgIpc) is 2.46. The van der Waals surface area contributed by atoms with Gasteiger partial charge in [0, 0.05) is 10.9 Å². The number of ether oxygens (including phenoxy) is 1. The van der Waals surface area contributed by atoms with E-state index >= 15 is 0 Å². The number of carbonyl (C=O) groups excluding carboxylic acids is 1. The van der Waals surface area contributed by atoms with Gasteiger partial charge in [-0.3, -0.25) is 4.79 Å². The second kappa shape index (κ2) is 5.83. The molecule has 2 aromatic rings. The van der Waals surface area contributed by atoms with E-state index in [2.05, 4.69) is 15.9 Å². The molecule has 0 aliphatic rings. The van der Waals surface area contributed by atoms with Gasteiger partial charge < -0.3 is 4.74 Å². The molecule has 0 radical (unpaired) electrons. The zero-order valence-corrected chi connectivity index (χ0v) is 11.6. The maximum absolute atomic E-state index is 12.4. The molecule has 0 atom stereocenters. The molecule has 0 spiro atoms. The number of alkyl halides is 1. The maximum Gasteiger partial charge on any atom is 0.196 e. The summed E-state index contributed by atoms with van der Waals surface area (Å²) < 4.78 is 5.21. The normalized spacial score (nSPS) is 10.1. The van der Waals surface area contributed by atoms with Crippen LogP contribution in [-0.4, -0.2) is 12.9 Å². The lowest BCUT2D eigenvalue weighted by molar-refractivity contribution is 0.103. The summed E-state index contributed by atoms with van der Waals surface area (Å²) in [6.45, 7) is 0. The highest BCUT2D eigenvalue weighted by Gasteiger charge is 2.13. The first-order valence-corrected chi connectivity index (χ1v) is 6.71. The Labute approximate surface area is 115 Å². The minimum Gasteiger partial charge on any atom is -0.496 e. The lowest BCUT2D eigenvalue weighted by Gasteiger charge is -2.07. The van der Waals surface area contributed by atoms with Crippen molar-refractivity contribution in [3.8, 4) is 5.75 Å². The zero-order valence-electron chi connectivity index (χ0n) is 10.0. The van der Waals surface area contributed by atoms with Crippen molar-refractivity contribution in [3.63, 3.8) is 0 Å². The number of benzene rings is 2. The van der Waals surface area contributed by atoms with Crippen LogP contribution >= 0.6 is 15.9 Å². The predicted octanol–water partition coefficient (Wildman–Crippen LogP) is 3.82. The monoisotopic (exact) mass is 304 g/mol. The summed E-state index contributed by atoms with van der Waals surface area (Å²) in [5.41, 5.74) is 2.35. The predicted molar refractivity (Wildman–Crippen MR) is 75.5 cm³/mol. The van der Waals surface area contributed by atoms with Crippen molar-refractivity contribution >= 4 is 21.7 Å². The molecule has 18 heavy (non-hydrogen) atoms. The molecule has 0 aromatic heterocycles. The maximum atomic E-state index is 12.4. The highest BCUT2D eigenvalue weighted by molar-refractivity contribution is 9.08. The van der Waals surface area contributed by atoms with E-state index in [1.54, 1.807) is 19.2 Å². The highest BCUT2D eigenvalue weighted by atomic mass is 79.9. The summed E-state index contributed by atoms with van der Waals surface area (Å²) in [6.07, 6.45) is 0. The van der Waals surface area contributed by atoms with Crippen molar-refractivity contribution in [1.29, 1.82) is 0 Å². The van der Waals surface area contributed by atoms with Crippen molar-refractivity contribution in [3.05, 3.63) is 65.2 Å². The molecule has 3 heteroatoms. The zero-order chi connectivity index (χ0) is 13.0. The van der Waals surface area contributed by atoms with Crippen LogP contribution in [0.1, 0.15) is 21.5 Å². The molecule has 0 bridgehead atoms. The Hall–Kier alpha value is -1.61. The van der Waals surface area contributed by atoms with Gasteiger partial charge in [-0.05, 0) is 23.8 Å². The Morgan fingerprint density at radius 1 is 1.17 bits per heavy atom. The quantitative estimate of drug-likeness (QED) is 0.634. The first kappa shape index (κ1) is 12.8. The van der Waals surface area contributed by atoms with E-state index in [1.807, 2.05) is 36.4 Å². The second-order valence-corrected chi connectivity index (χ2v) is 4.42. The number of para-hydroxylation sites is 1. The van der Waals surface area contributed by atoms with Crippen LogP contribution in [-0.2, 0) is 5.33 Å². The Bertz CT molecular complexity index is 564. The van der Waals surface area contributed by atoms with Crippen LogP contribution in [0, 0.1) is 0 Å². The molecule has 0 N–H and O–H groups in total. The number of carbonyl (C=O) groups is 1. The van der Waals surface area contributed by atoms with Gasteiger partial charge in [0.05, 0.1) is 12.7 Å². The van der Waals surface area contributed by atoms with Gasteiger partial charge in [0.15, 0.2) is 5.78 Å². The van der Waals surface area contributed by atoms with Gasteiger partial charge in [0.2, 0.25) is 0 Å². The van der Waals surface area contributed by atoms with Crippen molar-refractivity contribution in [1.82, 2.24) is 0 Å². The Morgan fingerprint density at radius 2 is 1.94 bits per heavy atom. The smallest absolute Gasteiger partial charge is 0.196 e. The van der Waals surface area contributed by atoms with Gasteiger partial charge in [0.1, 0.15) is 5.75 Å². The summed E-state index contributed by atoms with van der Waals surface area (Å²) in [5, 5.41) is 0.736. The average molecular weight is 305 g/mol. The van der Waals surface area contributed by atoms with E-state index in [-0.39, 0.29) is 5.78 Å². The highest BCUT2D eigenvalue weighted by Crippen LogP contribution is 2.21. The summed E-state index contributed by atoms with van der Waals surface area (Å²) >= 11 is 3.39. The lowest BCUT2D eigenvalue weighted by Crippen LogP contribution is -2.04. The molecule has 0 aliphatic carbocycles. The Balaban J connectivity index is 2.41. The molecule has 92 valence electrons. The molecule has 2 rings (SSSR count). The third-order valence-electron chi connectivity index (χ3n) is 2.70. The Morgan fingerprint density at radius 3 is 2.67 bits per heavy atom. The topological polar surface area (TPSA) is 26.3 Å². The summed E-state index contributed by atoms with van der Waals surface area (Å²) in [4.78, 5) is 12.4. The van der Waals surface area contributed by atoms with E-state index in [9.17, 15) is 4.79 Å². The number of methoxy groups -OCH3 is 1. The van der Waals surface area contributed by atoms with E-state index < -0.39 is 0 Å². The number of rotatable bonds is 4. The van der Waals surface area contributed by atoms with Gasteiger partial charge >= 0.3 is 0 Å². The fourth-order valence-corrected chi connectivity index (χ4v) is 2.13. The van der Waals surface area contributed by atoms with Crippen LogP contribution in [0.5, 0.6) is 5.75 Å². The molecule has 0 saturated heterocycles. The fraction of sp³-hybridized carbons (Fsp3) is 0.133. The molecule has 2 nitrogen and oxygen atoms in total. The van der Waals surface area contributed by atoms with Gasteiger partial charge in [-0.15, -0.1) is 0 Å². The number of halogens is 1. The van der Waals surface area contributed by atoms with Crippen LogP contribution in [0.2, 0.25) is 0 Å². The van der Waals surface area contributed by atoms with Crippen molar-refractivity contribution in [2.24, 2.45) is 0 Å². The van der Waals surface area contributed by atoms with E-state index in [0.717, 1.165) is 10.9 Å². The molecule has 0 saturated carbocycles. The first-order valence-electron chi connectivity index (χ1n) is 5.59. The Kier molecular flexibility index (Phi) is 4.15. The van der Waals surface area contributed by atoms with E-state index in [0.29, 0.717) is 16.9 Å². The fourth-order valence-electron chi connectivity index (χ4n) is 1.78. The summed E-state index contributed by atoms with van der Waals surface area (Å²) in [5.74, 6) is 0.585. The van der Waals surface area contributed by atoms with Crippen molar-refractivity contribution in [2.45, 2.75) is 5.33 Å². The number of ketones is 1. The number of hydrogen-bond acceptors (Lipinski definition) is 2. The molecule has 0 fully saturated rings. The minimum absolute atomic E-state index is 0.0183. The number of hydrogen-bond donors (Lipinski definition) is 0. The van der Waals surface area contributed by atoms with Crippen LogP contribution in [0.3, 0.4) is 0 Å².